The molecular weight excluding hydrogens is 239 g/mol. The van der Waals surface area contributed by atoms with E-state index in [4.69, 9.17) is 0 Å². The van der Waals surface area contributed by atoms with Gasteiger partial charge in [0.15, 0.2) is 0 Å². The molecule has 1 aromatic carbocycles. The lowest BCUT2D eigenvalue weighted by Crippen LogP contribution is -2.27. The minimum atomic E-state index is -4.25. The fourth-order valence-corrected chi connectivity index (χ4v) is 2.49. The Morgan fingerprint density at radius 3 is 2.67 bits per heavy atom. The van der Waals surface area contributed by atoms with Crippen LogP contribution in [0.3, 0.4) is 0 Å². The quantitative estimate of drug-likeness (QED) is 0.823. The summed E-state index contributed by atoms with van der Waals surface area (Å²) in [6, 6.07) is 4.37. The Bertz CT molecular complexity index is 424. The predicted octanol–water partition coefficient (Wildman–Crippen LogP) is 4.48. The van der Waals surface area contributed by atoms with Gasteiger partial charge in [-0.15, -0.1) is 0 Å². The summed E-state index contributed by atoms with van der Waals surface area (Å²) in [7, 11) is 0. The predicted molar refractivity (Wildman–Crippen MR) is 66.6 cm³/mol. The highest BCUT2D eigenvalue weighted by atomic mass is 19.4. The molecule has 0 saturated carbocycles. The fourth-order valence-electron chi connectivity index (χ4n) is 2.49. The molecule has 1 nitrogen and oxygen atoms in total. The molecule has 4 heteroatoms. The van der Waals surface area contributed by atoms with Gasteiger partial charge in [0.25, 0.3) is 0 Å². The maximum atomic E-state index is 12.6. The van der Waals surface area contributed by atoms with Gasteiger partial charge in [-0.05, 0) is 48.9 Å². The topological polar surface area (TPSA) is 12.0 Å². The molecule has 0 fully saturated rings. The van der Waals surface area contributed by atoms with E-state index >= 15 is 0 Å². The van der Waals surface area contributed by atoms with Gasteiger partial charge in [-0.25, -0.2) is 0 Å². The van der Waals surface area contributed by atoms with Gasteiger partial charge in [0, 0.05) is 11.7 Å². The van der Waals surface area contributed by atoms with E-state index in [9.17, 15) is 13.2 Å². The van der Waals surface area contributed by atoms with Crippen LogP contribution in [0.25, 0.3) is 0 Å². The third-order valence-corrected chi connectivity index (χ3v) is 3.31. The Labute approximate surface area is 105 Å². The van der Waals surface area contributed by atoms with Crippen molar-refractivity contribution in [3.05, 3.63) is 29.3 Å². The van der Waals surface area contributed by atoms with Crippen molar-refractivity contribution in [1.29, 1.82) is 0 Å². The summed E-state index contributed by atoms with van der Waals surface area (Å²) in [6.45, 7) is 4.31. The monoisotopic (exact) mass is 257 g/mol. The lowest BCUT2D eigenvalue weighted by Gasteiger charge is -2.28. The zero-order chi connectivity index (χ0) is 13.3. The molecule has 0 spiro atoms. The number of benzene rings is 1. The Kier molecular flexibility index (Phi) is 3.55. The third-order valence-electron chi connectivity index (χ3n) is 3.31. The highest BCUT2D eigenvalue weighted by Gasteiger charge is 2.31. The molecule has 1 aliphatic rings. The molecule has 1 N–H and O–H groups in total. The third kappa shape index (κ3) is 2.98. The number of aryl methyl sites for hydroxylation is 1. The van der Waals surface area contributed by atoms with Crippen molar-refractivity contribution in [2.45, 2.75) is 45.3 Å². The summed E-state index contributed by atoms with van der Waals surface area (Å²) in [5, 5.41) is 3.34. The van der Waals surface area contributed by atoms with Crippen LogP contribution < -0.4 is 5.32 Å². The molecule has 0 aliphatic carbocycles. The Morgan fingerprint density at radius 1 is 1.33 bits per heavy atom. The van der Waals surface area contributed by atoms with E-state index in [0.29, 0.717) is 12.0 Å². The van der Waals surface area contributed by atoms with Gasteiger partial charge < -0.3 is 5.32 Å². The van der Waals surface area contributed by atoms with Gasteiger partial charge in [-0.2, -0.15) is 13.2 Å². The highest BCUT2D eigenvalue weighted by molar-refractivity contribution is 5.55. The minimum absolute atomic E-state index is 0.384. The van der Waals surface area contributed by atoms with Crippen molar-refractivity contribution >= 4 is 5.69 Å². The van der Waals surface area contributed by atoms with E-state index < -0.39 is 11.7 Å². The first-order valence-corrected chi connectivity index (χ1v) is 6.33. The molecule has 0 unspecified atom stereocenters. The molecule has 18 heavy (non-hydrogen) atoms. The van der Waals surface area contributed by atoms with Crippen molar-refractivity contribution in [2.24, 2.45) is 5.92 Å². The van der Waals surface area contributed by atoms with Crippen LogP contribution in [-0.2, 0) is 12.6 Å². The van der Waals surface area contributed by atoms with Crippen molar-refractivity contribution in [2.75, 3.05) is 5.32 Å². The number of fused-ring (bicyclic) bond motifs is 1. The second kappa shape index (κ2) is 4.82. The molecule has 0 radical (unpaired) electrons. The van der Waals surface area contributed by atoms with Gasteiger partial charge in [-0.1, -0.05) is 13.8 Å². The molecular formula is C14H18F3N. The largest absolute Gasteiger partial charge is 0.416 e. The molecule has 1 atom stereocenters. The first kappa shape index (κ1) is 13.2. The van der Waals surface area contributed by atoms with Gasteiger partial charge in [0.2, 0.25) is 0 Å². The summed E-state index contributed by atoms with van der Waals surface area (Å²) >= 11 is 0. The van der Waals surface area contributed by atoms with Crippen LogP contribution in [0.4, 0.5) is 18.9 Å². The summed E-state index contributed by atoms with van der Waals surface area (Å²) < 4.78 is 37.8. The van der Waals surface area contributed by atoms with Crippen molar-refractivity contribution < 1.29 is 13.2 Å². The van der Waals surface area contributed by atoms with E-state index in [1.165, 1.54) is 6.07 Å². The fraction of sp³-hybridized carbons (Fsp3) is 0.571. The molecule has 0 aromatic heterocycles. The maximum Gasteiger partial charge on any atom is 0.416 e. The number of rotatable bonds is 2. The Morgan fingerprint density at radius 2 is 2.06 bits per heavy atom. The zero-order valence-corrected chi connectivity index (χ0v) is 10.6. The number of halogens is 3. The Hall–Kier alpha value is -1.19. The van der Waals surface area contributed by atoms with Crippen LogP contribution in [0, 0.1) is 5.92 Å². The zero-order valence-electron chi connectivity index (χ0n) is 10.6. The number of anilines is 1. The average Bonchev–Trinajstić information content (AvgIpc) is 2.26. The summed E-state index contributed by atoms with van der Waals surface area (Å²) in [4.78, 5) is 0. The van der Waals surface area contributed by atoms with Crippen molar-refractivity contribution in [3.63, 3.8) is 0 Å². The normalized spacial score (nSPS) is 19.6. The first-order chi connectivity index (χ1) is 8.36. The van der Waals surface area contributed by atoms with Gasteiger partial charge in [0.1, 0.15) is 0 Å². The van der Waals surface area contributed by atoms with Crippen molar-refractivity contribution in [3.8, 4) is 0 Å². The molecule has 1 aliphatic heterocycles. The molecule has 2 rings (SSSR count). The van der Waals surface area contributed by atoms with Crippen LogP contribution in [0.15, 0.2) is 18.2 Å². The van der Waals surface area contributed by atoms with E-state index in [1.807, 2.05) is 0 Å². The summed E-state index contributed by atoms with van der Waals surface area (Å²) in [5.41, 5.74) is 1.09. The highest BCUT2D eigenvalue weighted by Crippen LogP contribution is 2.34. The van der Waals surface area contributed by atoms with Crippen molar-refractivity contribution in [1.82, 2.24) is 0 Å². The average molecular weight is 257 g/mol. The molecule has 0 saturated heterocycles. The van der Waals surface area contributed by atoms with E-state index in [-0.39, 0.29) is 0 Å². The molecule has 1 heterocycles. The number of hydrogen-bond acceptors (Lipinski definition) is 1. The van der Waals surface area contributed by atoms with E-state index in [1.54, 1.807) is 6.07 Å². The van der Waals surface area contributed by atoms with Crippen LogP contribution in [-0.4, -0.2) is 6.04 Å². The maximum absolute atomic E-state index is 12.6. The lowest BCUT2D eigenvalue weighted by molar-refractivity contribution is -0.137. The van der Waals surface area contributed by atoms with E-state index in [2.05, 4.69) is 19.2 Å². The second-order valence-corrected chi connectivity index (χ2v) is 5.38. The number of alkyl halides is 3. The van der Waals surface area contributed by atoms with Gasteiger partial charge >= 0.3 is 6.18 Å². The summed E-state index contributed by atoms with van der Waals surface area (Å²) in [5.74, 6) is 0.596. The van der Waals surface area contributed by atoms with Gasteiger partial charge in [0.05, 0.1) is 5.56 Å². The Balaban J connectivity index is 2.16. The number of nitrogens with one attached hydrogen (secondary N) is 1. The van der Waals surface area contributed by atoms with E-state index in [0.717, 1.165) is 36.6 Å². The molecule has 0 amide bonds. The SMILES string of the molecule is CC(C)C[C@H]1CCc2cc(C(F)(F)F)ccc2N1. The van der Waals surface area contributed by atoms with Crippen LogP contribution in [0.1, 0.15) is 37.8 Å². The van der Waals surface area contributed by atoms with Crippen LogP contribution in [0.2, 0.25) is 0 Å². The van der Waals surface area contributed by atoms with Gasteiger partial charge in [-0.3, -0.25) is 0 Å². The summed E-state index contributed by atoms with van der Waals surface area (Å²) in [6.07, 6.45) is -1.56. The lowest BCUT2D eigenvalue weighted by atomic mass is 9.92. The molecule has 100 valence electrons. The van der Waals surface area contributed by atoms with Crippen LogP contribution >= 0.6 is 0 Å². The smallest absolute Gasteiger partial charge is 0.382 e. The molecule has 1 aromatic rings. The minimum Gasteiger partial charge on any atom is -0.382 e. The van der Waals surface area contributed by atoms with Crippen LogP contribution in [0.5, 0.6) is 0 Å². The first-order valence-electron chi connectivity index (χ1n) is 6.33. The molecule has 0 bridgehead atoms. The second-order valence-electron chi connectivity index (χ2n) is 5.38. The number of hydrogen-bond donors (Lipinski definition) is 1. The standard InChI is InChI=1S/C14H18F3N/c1-9(2)7-12-5-3-10-8-11(14(15,16)17)4-6-13(10)18-12/h4,6,8-9,12,18H,3,5,7H2,1-2H3/t12-/m1/s1.